The summed E-state index contributed by atoms with van der Waals surface area (Å²) in [7, 11) is 0. The first-order chi connectivity index (χ1) is 16.8. The van der Waals surface area contributed by atoms with E-state index in [1.54, 1.807) is 0 Å². The van der Waals surface area contributed by atoms with Gasteiger partial charge in [-0.25, -0.2) is 9.97 Å². The Morgan fingerprint density at radius 3 is 1.85 bits per heavy atom. The summed E-state index contributed by atoms with van der Waals surface area (Å²) in [5.74, 6) is 2.00. The number of benzene rings is 2. The molecule has 6 rings (SSSR count). The Labute approximate surface area is 199 Å². The number of aliphatic hydroxyl groups excluding tert-OH is 1. The zero-order valence-corrected chi connectivity index (χ0v) is 19.1. The number of hydrogen-bond donors (Lipinski definition) is 5. The van der Waals surface area contributed by atoms with Crippen LogP contribution in [0.2, 0.25) is 0 Å². The molecule has 4 aromatic rings. The Morgan fingerprint density at radius 2 is 1.29 bits per heavy atom. The molecular formula is C27H30N6O. The van der Waals surface area contributed by atoms with Crippen LogP contribution in [0.1, 0.15) is 55.0 Å². The summed E-state index contributed by atoms with van der Waals surface area (Å²) in [6, 6.07) is 15.3. The quantitative estimate of drug-likeness (QED) is 0.296. The van der Waals surface area contributed by atoms with Crippen LogP contribution in [-0.4, -0.2) is 38.1 Å². The fourth-order valence-corrected chi connectivity index (χ4v) is 5.16. The molecule has 2 aromatic carbocycles. The lowest BCUT2D eigenvalue weighted by molar-refractivity contribution is 0.282. The second-order valence-corrected chi connectivity index (χ2v) is 9.27. The lowest BCUT2D eigenvalue weighted by Gasteiger charge is -2.11. The molecular weight excluding hydrogens is 424 g/mol. The predicted octanol–water partition coefficient (Wildman–Crippen LogP) is 4.48. The molecule has 0 aliphatic carbocycles. The van der Waals surface area contributed by atoms with Crippen molar-refractivity contribution < 1.29 is 5.11 Å². The molecule has 0 unspecified atom stereocenters. The van der Waals surface area contributed by atoms with Gasteiger partial charge in [-0.3, -0.25) is 0 Å². The molecule has 0 spiro atoms. The van der Waals surface area contributed by atoms with Crippen molar-refractivity contribution in [3.05, 3.63) is 72.1 Å². The maximum Gasteiger partial charge on any atom is 0.123 e. The number of nitrogens with zero attached hydrogens (tertiary/aromatic N) is 2. The summed E-state index contributed by atoms with van der Waals surface area (Å²) in [4.78, 5) is 16.1. The lowest BCUT2D eigenvalue weighted by Crippen LogP contribution is -2.14. The van der Waals surface area contributed by atoms with Crippen molar-refractivity contribution in [1.29, 1.82) is 0 Å². The number of aromatic nitrogens is 4. The van der Waals surface area contributed by atoms with Crippen LogP contribution in [0, 0.1) is 0 Å². The minimum absolute atomic E-state index is 0.0194. The Bertz CT molecular complexity index is 1260. The third-order valence-corrected chi connectivity index (χ3v) is 7.07. The second-order valence-electron chi connectivity index (χ2n) is 9.27. The summed E-state index contributed by atoms with van der Waals surface area (Å²) in [5.41, 5.74) is 7.16. The summed E-state index contributed by atoms with van der Waals surface area (Å²) < 4.78 is 0. The molecule has 7 heteroatoms. The van der Waals surface area contributed by atoms with Crippen LogP contribution in [0.5, 0.6) is 0 Å². The predicted molar refractivity (Wildman–Crippen MR) is 133 cm³/mol. The highest BCUT2D eigenvalue weighted by Gasteiger charge is 2.20. The van der Waals surface area contributed by atoms with E-state index in [0.717, 1.165) is 76.8 Å². The number of nitrogens with one attached hydrogen (secondary N) is 4. The van der Waals surface area contributed by atoms with E-state index in [-0.39, 0.29) is 6.61 Å². The molecule has 0 bridgehead atoms. The minimum Gasteiger partial charge on any atom is -0.392 e. The largest absolute Gasteiger partial charge is 0.392 e. The Kier molecular flexibility index (Phi) is 5.74. The highest BCUT2D eigenvalue weighted by molar-refractivity contribution is 5.74. The first-order valence-electron chi connectivity index (χ1n) is 12.2. The molecule has 5 N–H and O–H groups in total. The number of H-pyrrole nitrogens is 2. The van der Waals surface area contributed by atoms with Crippen molar-refractivity contribution >= 4 is 0 Å². The smallest absolute Gasteiger partial charge is 0.123 e. The monoisotopic (exact) mass is 454 g/mol. The van der Waals surface area contributed by atoms with Gasteiger partial charge in [0.05, 0.1) is 42.5 Å². The van der Waals surface area contributed by atoms with Gasteiger partial charge in [-0.2, -0.15) is 0 Å². The van der Waals surface area contributed by atoms with Gasteiger partial charge in [0, 0.05) is 0 Å². The molecule has 2 aliphatic rings. The molecule has 7 nitrogen and oxygen atoms in total. The van der Waals surface area contributed by atoms with Gasteiger partial charge in [0.2, 0.25) is 0 Å². The van der Waals surface area contributed by atoms with Gasteiger partial charge in [0.15, 0.2) is 0 Å². The summed E-state index contributed by atoms with van der Waals surface area (Å²) >= 11 is 0. The third kappa shape index (κ3) is 4.07. The Hall–Kier alpha value is -3.26. The fourth-order valence-electron chi connectivity index (χ4n) is 5.16. The summed E-state index contributed by atoms with van der Waals surface area (Å²) in [5, 5.41) is 17.1. The number of hydrogen-bond acceptors (Lipinski definition) is 5. The average molecular weight is 455 g/mol. The first kappa shape index (κ1) is 21.3. The molecule has 0 amide bonds. The van der Waals surface area contributed by atoms with Gasteiger partial charge >= 0.3 is 0 Å². The molecule has 2 fully saturated rings. The summed E-state index contributed by atoms with van der Waals surface area (Å²) in [6.07, 6.45) is 8.42. The number of aromatic amines is 2. The van der Waals surface area contributed by atoms with E-state index in [1.807, 2.05) is 12.4 Å². The van der Waals surface area contributed by atoms with E-state index >= 15 is 0 Å². The zero-order chi connectivity index (χ0) is 22.9. The van der Waals surface area contributed by atoms with Gasteiger partial charge in [-0.1, -0.05) is 36.4 Å². The van der Waals surface area contributed by atoms with E-state index in [2.05, 4.69) is 73.0 Å². The van der Waals surface area contributed by atoms with Crippen LogP contribution in [0.4, 0.5) is 0 Å². The Balaban J connectivity index is 1.23. The van der Waals surface area contributed by atoms with Gasteiger partial charge in [-0.15, -0.1) is 0 Å². The van der Waals surface area contributed by atoms with Crippen LogP contribution in [-0.2, 0) is 6.61 Å². The molecule has 34 heavy (non-hydrogen) atoms. The number of aliphatic hydroxyl groups is 1. The zero-order valence-electron chi connectivity index (χ0n) is 19.1. The van der Waals surface area contributed by atoms with E-state index < -0.39 is 0 Å². The molecule has 2 saturated heterocycles. The van der Waals surface area contributed by atoms with Gasteiger partial charge in [0.1, 0.15) is 11.6 Å². The van der Waals surface area contributed by atoms with Crippen molar-refractivity contribution in [1.82, 2.24) is 30.6 Å². The number of rotatable bonds is 6. The molecule has 2 atom stereocenters. The molecule has 2 aromatic heterocycles. The Morgan fingerprint density at radius 1 is 0.735 bits per heavy atom. The molecule has 174 valence electrons. The van der Waals surface area contributed by atoms with E-state index in [4.69, 9.17) is 0 Å². The number of imidazole rings is 2. The van der Waals surface area contributed by atoms with Crippen molar-refractivity contribution in [2.75, 3.05) is 13.1 Å². The van der Waals surface area contributed by atoms with Crippen LogP contribution in [0.15, 0.2) is 54.9 Å². The van der Waals surface area contributed by atoms with Crippen LogP contribution >= 0.6 is 0 Å². The van der Waals surface area contributed by atoms with Crippen LogP contribution < -0.4 is 10.6 Å². The normalized spacial score (nSPS) is 20.3. The highest BCUT2D eigenvalue weighted by Crippen LogP contribution is 2.31. The van der Waals surface area contributed by atoms with Crippen molar-refractivity contribution in [2.45, 2.75) is 44.4 Å². The van der Waals surface area contributed by atoms with Crippen LogP contribution in [0.25, 0.3) is 33.6 Å². The minimum atomic E-state index is -0.0194. The molecule has 2 aliphatic heterocycles. The molecule has 0 radical (unpaired) electrons. The molecule has 0 saturated carbocycles. The first-order valence-corrected chi connectivity index (χ1v) is 12.2. The van der Waals surface area contributed by atoms with Crippen molar-refractivity contribution in [3.8, 4) is 33.6 Å². The summed E-state index contributed by atoms with van der Waals surface area (Å²) in [6.45, 7) is 2.08. The fraction of sp³-hybridized carbons (Fsp3) is 0.333. The average Bonchev–Trinajstić information content (AvgIpc) is 3.70. The SMILES string of the molecule is OCc1cc(-c2cnc([C@@H]3CCCN3)[nH]2)ccc1-c1ccc(-c2cnc([C@@H]3CCCN3)[nH]2)cc1. The van der Waals surface area contributed by atoms with Gasteiger partial charge in [0.25, 0.3) is 0 Å². The van der Waals surface area contributed by atoms with Gasteiger partial charge in [-0.05, 0) is 72.7 Å². The van der Waals surface area contributed by atoms with Crippen molar-refractivity contribution in [3.63, 3.8) is 0 Å². The topological polar surface area (TPSA) is 102 Å². The second kappa shape index (κ2) is 9.18. The lowest BCUT2D eigenvalue weighted by atomic mass is 9.96. The van der Waals surface area contributed by atoms with E-state index in [9.17, 15) is 5.11 Å². The maximum atomic E-state index is 10.1. The van der Waals surface area contributed by atoms with E-state index in [1.165, 1.54) is 12.8 Å². The maximum absolute atomic E-state index is 10.1. The highest BCUT2D eigenvalue weighted by atomic mass is 16.3. The van der Waals surface area contributed by atoms with Gasteiger partial charge < -0.3 is 25.7 Å². The van der Waals surface area contributed by atoms with E-state index in [0.29, 0.717) is 12.1 Å². The van der Waals surface area contributed by atoms with Crippen LogP contribution in [0.3, 0.4) is 0 Å². The third-order valence-electron chi connectivity index (χ3n) is 7.07. The standard InChI is InChI=1S/C27H30N6O/c34-16-20-13-19(25-15-31-27(33-25)23-4-2-12-29-23)9-10-21(20)17-5-7-18(8-6-17)24-14-30-26(32-24)22-3-1-11-28-22/h5-10,13-15,22-23,28-29,34H,1-4,11-12,16H2,(H,30,32)(H,31,33)/t22-,23-/m0/s1. The molecule has 4 heterocycles. The van der Waals surface area contributed by atoms with Crippen molar-refractivity contribution in [2.24, 2.45) is 0 Å².